The summed E-state index contributed by atoms with van der Waals surface area (Å²) in [6.07, 6.45) is -4.42. The number of thioether (sulfide) groups is 1. The highest BCUT2D eigenvalue weighted by Crippen LogP contribution is 2.31. The molecule has 0 fully saturated rings. The van der Waals surface area contributed by atoms with Gasteiger partial charge in [0.25, 0.3) is 5.56 Å². The summed E-state index contributed by atoms with van der Waals surface area (Å²) in [7, 11) is 0. The average Bonchev–Trinajstić information content (AvgIpc) is 2.60. The van der Waals surface area contributed by atoms with E-state index in [4.69, 9.17) is 17.3 Å². The summed E-state index contributed by atoms with van der Waals surface area (Å²) in [4.78, 5) is 15.7. The van der Waals surface area contributed by atoms with Crippen LogP contribution in [-0.2, 0) is 11.9 Å². The van der Waals surface area contributed by atoms with Crippen molar-refractivity contribution in [3.63, 3.8) is 0 Å². The van der Waals surface area contributed by atoms with E-state index in [9.17, 15) is 18.0 Å². The van der Waals surface area contributed by atoms with Crippen molar-refractivity contribution in [3.05, 3.63) is 81.1 Å². The molecule has 0 spiro atoms. The predicted molar refractivity (Wildman–Crippen MR) is 100 cm³/mol. The Labute approximate surface area is 161 Å². The average molecular weight is 412 g/mol. The van der Waals surface area contributed by atoms with Gasteiger partial charge in [-0.1, -0.05) is 41.6 Å². The Bertz CT molecular complexity index is 1020. The number of nitrogens with two attached hydrogens (primary N) is 1. The maximum Gasteiger partial charge on any atom is 0.416 e. The zero-order valence-corrected chi connectivity index (χ0v) is 15.3. The van der Waals surface area contributed by atoms with Gasteiger partial charge in [-0.25, -0.2) is 0 Å². The van der Waals surface area contributed by atoms with Crippen LogP contribution in [0.1, 0.15) is 11.1 Å². The van der Waals surface area contributed by atoms with Gasteiger partial charge in [-0.05, 0) is 35.9 Å². The Morgan fingerprint density at radius 1 is 1.11 bits per heavy atom. The monoisotopic (exact) mass is 411 g/mol. The second kappa shape index (κ2) is 7.66. The zero-order valence-electron chi connectivity index (χ0n) is 13.7. The lowest BCUT2D eigenvalue weighted by Gasteiger charge is -2.15. The quantitative estimate of drug-likeness (QED) is 0.496. The van der Waals surface area contributed by atoms with E-state index in [1.165, 1.54) is 12.1 Å². The lowest BCUT2D eigenvalue weighted by Crippen LogP contribution is -2.16. The Morgan fingerprint density at radius 3 is 2.48 bits per heavy atom. The van der Waals surface area contributed by atoms with E-state index in [2.05, 4.69) is 4.98 Å². The first kappa shape index (κ1) is 19.3. The Hall–Kier alpha value is -2.45. The van der Waals surface area contributed by atoms with Crippen molar-refractivity contribution in [2.24, 2.45) is 0 Å². The van der Waals surface area contributed by atoms with E-state index in [-0.39, 0.29) is 16.7 Å². The van der Waals surface area contributed by atoms with Crippen molar-refractivity contribution in [1.29, 1.82) is 0 Å². The molecule has 9 heteroatoms. The van der Waals surface area contributed by atoms with Crippen molar-refractivity contribution in [3.8, 4) is 5.69 Å². The third-order valence-corrected chi connectivity index (χ3v) is 4.90. The van der Waals surface area contributed by atoms with Gasteiger partial charge in [-0.15, -0.1) is 0 Å². The second-order valence-electron chi connectivity index (χ2n) is 5.60. The number of nitrogen functional groups attached to an aromatic ring is 1. The molecule has 0 unspecified atom stereocenters. The second-order valence-corrected chi connectivity index (χ2v) is 6.98. The minimum absolute atomic E-state index is 0.170. The molecule has 4 nitrogen and oxygen atoms in total. The summed E-state index contributed by atoms with van der Waals surface area (Å²) >= 11 is 7.01. The number of alkyl halides is 3. The molecule has 3 aromatic rings. The van der Waals surface area contributed by atoms with Crippen molar-refractivity contribution in [1.82, 2.24) is 9.55 Å². The lowest BCUT2D eigenvalue weighted by molar-refractivity contribution is -0.137. The van der Waals surface area contributed by atoms with Crippen molar-refractivity contribution in [2.75, 3.05) is 5.73 Å². The summed E-state index contributed by atoms with van der Waals surface area (Å²) in [5, 5.41) is 0.809. The number of rotatable bonds is 4. The van der Waals surface area contributed by atoms with Crippen LogP contribution in [0.4, 0.5) is 19.0 Å². The molecule has 27 heavy (non-hydrogen) atoms. The molecule has 3 rings (SSSR count). The normalized spacial score (nSPS) is 11.6. The van der Waals surface area contributed by atoms with E-state index in [0.29, 0.717) is 16.3 Å². The molecular weight excluding hydrogens is 399 g/mol. The van der Waals surface area contributed by atoms with Crippen LogP contribution in [0, 0.1) is 0 Å². The molecule has 0 saturated carbocycles. The fraction of sp³-hybridized carbons (Fsp3) is 0.111. The number of benzene rings is 2. The predicted octanol–water partition coefficient (Wildman–Crippen LogP) is 4.78. The molecule has 0 bridgehead atoms. The van der Waals surface area contributed by atoms with Crippen LogP contribution in [0.3, 0.4) is 0 Å². The maximum absolute atomic E-state index is 12.9. The molecule has 2 N–H and O–H groups in total. The first-order chi connectivity index (χ1) is 12.7. The van der Waals surface area contributed by atoms with Gasteiger partial charge in [-0.3, -0.25) is 9.36 Å². The maximum atomic E-state index is 12.9. The smallest absolute Gasteiger partial charge is 0.385 e. The van der Waals surface area contributed by atoms with Gasteiger partial charge in [-0.2, -0.15) is 18.2 Å². The molecule has 0 aliphatic carbocycles. The Kier molecular flexibility index (Phi) is 5.48. The highest BCUT2D eigenvalue weighted by molar-refractivity contribution is 7.98. The van der Waals surface area contributed by atoms with Crippen molar-refractivity contribution < 1.29 is 13.2 Å². The van der Waals surface area contributed by atoms with E-state index in [1.54, 1.807) is 34.9 Å². The van der Waals surface area contributed by atoms with E-state index in [1.807, 2.05) is 0 Å². The van der Waals surface area contributed by atoms with Gasteiger partial charge in [0, 0.05) is 22.5 Å². The molecule has 2 aromatic carbocycles. The van der Waals surface area contributed by atoms with Crippen LogP contribution in [0.5, 0.6) is 0 Å². The first-order valence-corrected chi connectivity index (χ1v) is 9.05. The highest BCUT2D eigenvalue weighted by Gasteiger charge is 2.30. The number of anilines is 1. The standard InChI is InChI=1S/C18H13ClF3N3OS/c19-13-4-6-14(7-5-13)25-15(23)9-16(26)24-17(25)27-10-11-2-1-3-12(8-11)18(20,21)22/h1-9H,10,23H2. The van der Waals surface area contributed by atoms with Crippen LogP contribution in [-0.4, -0.2) is 9.55 Å². The molecule has 0 saturated heterocycles. The molecule has 1 aromatic heterocycles. The van der Waals surface area contributed by atoms with Crippen molar-refractivity contribution in [2.45, 2.75) is 17.1 Å². The summed E-state index contributed by atoms with van der Waals surface area (Å²) < 4.78 is 40.1. The molecule has 0 aliphatic rings. The van der Waals surface area contributed by atoms with Crippen LogP contribution in [0.25, 0.3) is 5.69 Å². The summed E-state index contributed by atoms with van der Waals surface area (Å²) in [6.45, 7) is 0. The third-order valence-electron chi connectivity index (χ3n) is 3.63. The van der Waals surface area contributed by atoms with Crippen LogP contribution in [0.15, 0.2) is 64.5 Å². The van der Waals surface area contributed by atoms with Gasteiger partial charge in [0.1, 0.15) is 5.82 Å². The van der Waals surface area contributed by atoms with Crippen molar-refractivity contribution >= 4 is 29.2 Å². The van der Waals surface area contributed by atoms with E-state index >= 15 is 0 Å². The highest BCUT2D eigenvalue weighted by atomic mass is 35.5. The molecule has 1 heterocycles. The molecule has 0 radical (unpaired) electrons. The summed E-state index contributed by atoms with van der Waals surface area (Å²) in [5.41, 5.74) is 5.81. The minimum atomic E-state index is -4.42. The Balaban J connectivity index is 1.93. The fourth-order valence-corrected chi connectivity index (χ4v) is 3.51. The molecule has 140 valence electrons. The number of nitrogens with zero attached hydrogens (tertiary/aromatic N) is 2. The van der Waals surface area contributed by atoms with Crippen LogP contribution in [0.2, 0.25) is 5.02 Å². The van der Waals surface area contributed by atoms with Gasteiger partial charge in [0.2, 0.25) is 0 Å². The van der Waals surface area contributed by atoms with Crippen LogP contribution < -0.4 is 11.3 Å². The van der Waals surface area contributed by atoms with Gasteiger partial charge in [0.05, 0.1) is 5.56 Å². The van der Waals surface area contributed by atoms with E-state index < -0.39 is 17.3 Å². The van der Waals surface area contributed by atoms with E-state index in [0.717, 1.165) is 23.9 Å². The lowest BCUT2D eigenvalue weighted by atomic mass is 10.1. The summed E-state index contributed by atoms with van der Waals surface area (Å²) in [6, 6.07) is 12.9. The number of hydrogen-bond acceptors (Lipinski definition) is 4. The minimum Gasteiger partial charge on any atom is -0.385 e. The van der Waals surface area contributed by atoms with Gasteiger partial charge >= 0.3 is 6.18 Å². The van der Waals surface area contributed by atoms with Gasteiger partial charge < -0.3 is 5.73 Å². The largest absolute Gasteiger partial charge is 0.416 e. The number of hydrogen-bond donors (Lipinski definition) is 1. The third kappa shape index (κ3) is 4.64. The Morgan fingerprint density at radius 2 is 1.81 bits per heavy atom. The first-order valence-electron chi connectivity index (χ1n) is 7.68. The number of halogens is 4. The SMILES string of the molecule is Nc1cc(=O)nc(SCc2cccc(C(F)(F)F)c2)n1-c1ccc(Cl)cc1. The van der Waals surface area contributed by atoms with Crippen LogP contribution >= 0.6 is 23.4 Å². The zero-order chi connectivity index (χ0) is 19.6. The molecule has 0 atom stereocenters. The molecule has 0 amide bonds. The summed E-state index contributed by atoms with van der Waals surface area (Å²) in [5.74, 6) is 0.358. The number of aromatic nitrogens is 2. The molecule has 0 aliphatic heterocycles. The molecular formula is C18H13ClF3N3OS. The van der Waals surface area contributed by atoms with Gasteiger partial charge in [0.15, 0.2) is 5.16 Å². The topological polar surface area (TPSA) is 60.9 Å². The fourth-order valence-electron chi connectivity index (χ4n) is 2.41.